The molecule has 0 fully saturated rings. The molecule has 3 heterocycles. The molecule has 0 aliphatic carbocycles. The molecule has 0 radical (unpaired) electrons. The average Bonchev–Trinajstić information content (AvgIpc) is 3.46. The minimum absolute atomic E-state index is 0.0415. The molecule has 2 N–H and O–H groups in total. The second-order valence-electron chi connectivity index (χ2n) is 8.50. The van der Waals surface area contributed by atoms with Gasteiger partial charge in [-0.2, -0.15) is 0 Å². The Morgan fingerprint density at radius 1 is 1.03 bits per heavy atom. The summed E-state index contributed by atoms with van der Waals surface area (Å²) in [6.07, 6.45) is 3.92. The largest absolute Gasteiger partial charge is 0.460 e. The van der Waals surface area contributed by atoms with Crippen LogP contribution in [0.2, 0.25) is 0 Å². The number of rotatable bonds is 6. The van der Waals surface area contributed by atoms with E-state index in [0.717, 1.165) is 44.5 Å². The summed E-state index contributed by atoms with van der Waals surface area (Å²) in [6, 6.07) is 12.1. The van der Waals surface area contributed by atoms with Crippen molar-refractivity contribution in [3.63, 3.8) is 0 Å². The zero-order valence-electron chi connectivity index (χ0n) is 19.3. The third-order valence-electron chi connectivity index (χ3n) is 6.30. The maximum Gasteiger partial charge on any atom is 0.340 e. The van der Waals surface area contributed by atoms with Gasteiger partial charge in [0.1, 0.15) is 16.9 Å². The number of aromatic nitrogens is 2. The minimum Gasteiger partial charge on any atom is -0.460 e. The van der Waals surface area contributed by atoms with E-state index >= 15 is 0 Å². The maximum absolute atomic E-state index is 12.8. The average molecular weight is 456 g/mol. The second-order valence-corrected chi connectivity index (χ2v) is 8.50. The summed E-state index contributed by atoms with van der Waals surface area (Å²) in [5.74, 6) is 0.577. The number of aryl methyl sites for hydroxylation is 3. The number of aromatic amines is 1. The Morgan fingerprint density at radius 2 is 1.79 bits per heavy atom. The molecular formula is C27H25N3O4. The number of H-pyrrole nitrogens is 1. The van der Waals surface area contributed by atoms with Gasteiger partial charge >= 0.3 is 5.63 Å². The number of amides is 1. The van der Waals surface area contributed by atoms with Crippen LogP contribution in [-0.2, 0) is 17.6 Å². The lowest BCUT2D eigenvalue weighted by Crippen LogP contribution is -2.29. The summed E-state index contributed by atoms with van der Waals surface area (Å²) < 4.78 is 11.8. The van der Waals surface area contributed by atoms with Crippen molar-refractivity contribution in [1.29, 1.82) is 0 Å². The van der Waals surface area contributed by atoms with Gasteiger partial charge in [-0.15, -0.1) is 0 Å². The normalized spacial score (nSPS) is 11.4. The first-order valence-corrected chi connectivity index (χ1v) is 11.2. The zero-order valence-corrected chi connectivity index (χ0v) is 19.3. The number of nitrogens with one attached hydrogen (secondary N) is 2. The van der Waals surface area contributed by atoms with E-state index in [1.165, 1.54) is 0 Å². The van der Waals surface area contributed by atoms with Crippen LogP contribution in [0.15, 0.2) is 62.6 Å². The minimum atomic E-state index is -0.497. The van der Waals surface area contributed by atoms with Gasteiger partial charge in [0.05, 0.1) is 18.3 Å². The molecule has 5 aromatic rings. The van der Waals surface area contributed by atoms with Gasteiger partial charge < -0.3 is 19.1 Å². The SMILES string of the molecule is Cc1oc2c(C)c3oc(=O)c(CC(=O)NCCc4cnc[nH]4)c(C)c3cc2c1-c1ccccc1. The highest BCUT2D eigenvalue weighted by Crippen LogP contribution is 2.39. The highest BCUT2D eigenvalue weighted by atomic mass is 16.4. The van der Waals surface area contributed by atoms with Gasteiger partial charge in [0.2, 0.25) is 5.91 Å². The maximum atomic E-state index is 12.8. The van der Waals surface area contributed by atoms with Crippen molar-refractivity contribution in [3.05, 3.63) is 87.5 Å². The molecule has 0 saturated heterocycles. The number of imidazole rings is 1. The Hall–Kier alpha value is -4.13. The summed E-state index contributed by atoms with van der Waals surface area (Å²) in [7, 11) is 0. The van der Waals surface area contributed by atoms with Crippen LogP contribution >= 0.6 is 0 Å². The first-order chi connectivity index (χ1) is 16.4. The van der Waals surface area contributed by atoms with Crippen molar-refractivity contribution in [3.8, 4) is 11.1 Å². The van der Waals surface area contributed by atoms with Gasteiger partial charge in [0, 0.05) is 46.8 Å². The van der Waals surface area contributed by atoms with E-state index in [0.29, 0.717) is 29.7 Å². The first kappa shape index (κ1) is 21.7. The molecule has 0 atom stereocenters. The van der Waals surface area contributed by atoms with Crippen LogP contribution < -0.4 is 10.9 Å². The standard InChI is InChI=1S/C27H25N3O4/c1-15-20-11-22-24(18-7-5-4-6-8-18)17(3)33-26(22)16(2)25(20)34-27(32)21(15)12-23(31)29-10-9-19-13-28-14-30-19/h4-8,11,13-14H,9-10,12H2,1-3H3,(H,28,30)(H,29,31). The number of fused-ring (bicyclic) bond motifs is 2. The molecular weight excluding hydrogens is 430 g/mol. The van der Waals surface area contributed by atoms with E-state index in [9.17, 15) is 9.59 Å². The molecule has 0 saturated carbocycles. The highest BCUT2D eigenvalue weighted by molar-refractivity contribution is 6.06. The van der Waals surface area contributed by atoms with E-state index in [1.807, 2.05) is 57.2 Å². The van der Waals surface area contributed by atoms with Gasteiger partial charge in [0.15, 0.2) is 0 Å². The predicted molar refractivity (Wildman–Crippen MR) is 131 cm³/mol. The van der Waals surface area contributed by atoms with E-state index in [1.54, 1.807) is 12.5 Å². The van der Waals surface area contributed by atoms with E-state index in [4.69, 9.17) is 8.83 Å². The number of benzene rings is 2. The monoisotopic (exact) mass is 455 g/mol. The van der Waals surface area contributed by atoms with Crippen molar-refractivity contribution in [2.24, 2.45) is 0 Å². The fourth-order valence-electron chi connectivity index (χ4n) is 4.52. The summed E-state index contributed by atoms with van der Waals surface area (Å²) in [6.45, 7) is 6.15. The molecule has 5 rings (SSSR count). The van der Waals surface area contributed by atoms with Crippen molar-refractivity contribution < 1.29 is 13.6 Å². The molecule has 34 heavy (non-hydrogen) atoms. The number of hydrogen-bond acceptors (Lipinski definition) is 5. The Bertz CT molecular complexity index is 1560. The fourth-order valence-corrected chi connectivity index (χ4v) is 4.52. The Labute approximate surface area is 195 Å². The van der Waals surface area contributed by atoms with Gasteiger partial charge in [-0.3, -0.25) is 4.79 Å². The second kappa shape index (κ2) is 8.67. The van der Waals surface area contributed by atoms with Crippen LogP contribution in [0.5, 0.6) is 0 Å². The Kier molecular flexibility index (Phi) is 5.53. The molecule has 0 bridgehead atoms. The van der Waals surface area contributed by atoms with Gasteiger partial charge in [-0.1, -0.05) is 30.3 Å². The number of carbonyl (C=O) groups is 1. The number of furan rings is 1. The number of nitrogens with zero attached hydrogens (tertiary/aromatic N) is 1. The van der Waals surface area contributed by atoms with Crippen LogP contribution in [0.4, 0.5) is 0 Å². The van der Waals surface area contributed by atoms with E-state index in [2.05, 4.69) is 15.3 Å². The quantitative estimate of drug-likeness (QED) is 0.360. The first-order valence-electron chi connectivity index (χ1n) is 11.2. The molecule has 0 unspecified atom stereocenters. The smallest absolute Gasteiger partial charge is 0.340 e. The summed E-state index contributed by atoms with van der Waals surface area (Å²) >= 11 is 0. The Balaban J connectivity index is 1.53. The molecule has 172 valence electrons. The van der Waals surface area contributed by atoms with Crippen molar-refractivity contribution in [2.45, 2.75) is 33.6 Å². The van der Waals surface area contributed by atoms with Crippen molar-refractivity contribution >= 4 is 27.8 Å². The third-order valence-corrected chi connectivity index (χ3v) is 6.30. The molecule has 3 aromatic heterocycles. The predicted octanol–water partition coefficient (Wildman–Crippen LogP) is 4.76. The highest BCUT2D eigenvalue weighted by Gasteiger charge is 2.21. The topological polar surface area (TPSA) is 101 Å². The van der Waals surface area contributed by atoms with Gasteiger partial charge in [-0.05, 0) is 38.0 Å². The number of carbonyl (C=O) groups excluding carboxylic acids is 1. The van der Waals surface area contributed by atoms with Crippen LogP contribution in [-0.4, -0.2) is 22.4 Å². The molecule has 0 spiro atoms. The van der Waals surface area contributed by atoms with Crippen LogP contribution in [0.25, 0.3) is 33.1 Å². The third kappa shape index (κ3) is 3.79. The molecule has 7 nitrogen and oxygen atoms in total. The van der Waals surface area contributed by atoms with Gasteiger partial charge in [0.25, 0.3) is 0 Å². The molecule has 0 aliphatic rings. The molecule has 7 heteroatoms. The Morgan fingerprint density at radius 3 is 2.53 bits per heavy atom. The van der Waals surface area contributed by atoms with E-state index in [-0.39, 0.29) is 12.3 Å². The summed E-state index contributed by atoms with van der Waals surface area (Å²) in [5.41, 5.74) is 5.60. The van der Waals surface area contributed by atoms with Crippen molar-refractivity contribution in [2.75, 3.05) is 6.54 Å². The van der Waals surface area contributed by atoms with Crippen LogP contribution in [0.1, 0.15) is 28.1 Å². The lowest BCUT2D eigenvalue weighted by Gasteiger charge is -2.10. The lowest BCUT2D eigenvalue weighted by atomic mass is 9.96. The lowest BCUT2D eigenvalue weighted by molar-refractivity contribution is -0.120. The van der Waals surface area contributed by atoms with Crippen LogP contribution in [0, 0.1) is 20.8 Å². The van der Waals surface area contributed by atoms with Gasteiger partial charge in [-0.25, -0.2) is 9.78 Å². The fraction of sp³-hybridized carbons (Fsp3) is 0.222. The van der Waals surface area contributed by atoms with E-state index < -0.39 is 5.63 Å². The van der Waals surface area contributed by atoms with Crippen LogP contribution in [0.3, 0.4) is 0 Å². The molecule has 1 amide bonds. The van der Waals surface area contributed by atoms with Crippen molar-refractivity contribution in [1.82, 2.24) is 15.3 Å². The summed E-state index contributed by atoms with van der Waals surface area (Å²) in [4.78, 5) is 32.4. The molecule has 2 aromatic carbocycles. The summed E-state index contributed by atoms with van der Waals surface area (Å²) in [5, 5.41) is 4.63. The number of hydrogen-bond donors (Lipinski definition) is 2. The molecule has 0 aliphatic heterocycles. The zero-order chi connectivity index (χ0) is 23.8.